The molecule has 18 aromatic carbocycles. The summed E-state index contributed by atoms with van der Waals surface area (Å²) in [6.07, 6.45) is 0. The third-order valence-electron chi connectivity index (χ3n) is 23.9. The summed E-state index contributed by atoms with van der Waals surface area (Å²) in [5.74, 6) is 0. The largest absolute Gasteiger partial charge is 0.248 e. The van der Waals surface area contributed by atoms with Crippen molar-refractivity contribution >= 4 is 130 Å². The van der Waals surface area contributed by atoms with Gasteiger partial charge in [0.2, 0.25) is 0 Å². The van der Waals surface area contributed by atoms with E-state index in [-0.39, 0.29) is 0 Å². The Balaban J connectivity index is 0.000000141. The van der Waals surface area contributed by atoms with Crippen LogP contribution < -0.4 is 0 Å². The Bertz CT molecular complexity index is 8110. The second kappa shape index (κ2) is 29.1. The molecule has 24 rings (SSSR count). The number of para-hydroxylation sites is 2. The van der Waals surface area contributed by atoms with Crippen LogP contribution in [0.25, 0.3) is 242 Å². The van der Waals surface area contributed by atoms with Crippen molar-refractivity contribution in [2.24, 2.45) is 0 Å². The van der Waals surface area contributed by atoms with E-state index in [4.69, 9.17) is 29.9 Å². The number of rotatable bonds is 10. The third-order valence-corrected chi connectivity index (χ3v) is 23.9. The summed E-state index contributed by atoms with van der Waals surface area (Å²) in [5.41, 5.74) is 26.8. The van der Waals surface area contributed by atoms with Crippen molar-refractivity contribution in [1.29, 1.82) is 0 Å². The highest BCUT2D eigenvalue weighted by molar-refractivity contribution is 6.18. The zero-order chi connectivity index (χ0) is 79.1. The summed E-state index contributed by atoms with van der Waals surface area (Å²) in [6, 6.07) is 152. The number of aromatic nitrogens is 6. The van der Waals surface area contributed by atoms with Gasteiger partial charge in [-0.3, -0.25) is 0 Å². The van der Waals surface area contributed by atoms with Crippen LogP contribution >= 0.6 is 0 Å². The van der Waals surface area contributed by atoms with Gasteiger partial charge < -0.3 is 0 Å². The Kier molecular flexibility index (Phi) is 16.8. The molecule has 6 aromatic heterocycles. The van der Waals surface area contributed by atoms with Crippen molar-refractivity contribution < 1.29 is 0 Å². The maximum atomic E-state index is 5.36. The normalized spacial score (nSPS) is 11.7. The zero-order valence-corrected chi connectivity index (χ0v) is 65.1. The quantitative estimate of drug-likeness (QED) is 0.100. The molecular formula is C114H70N6. The van der Waals surface area contributed by atoms with E-state index < -0.39 is 0 Å². The summed E-state index contributed by atoms with van der Waals surface area (Å²) in [4.78, 5) is 31.9. The van der Waals surface area contributed by atoms with Crippen molar-refractivity contribution in [1.82, 2.24) is 29.9 Å². The summed E-state index contributed by atoms with van der Waals surface area (Å²) in [7, 11) is 0. The lowest BCUT2D eigenvalue weighted by molar-refractivity contribution is 1.32. The Hall–Kier alpha value is -16.0. The minimum absolute atomic E-state index is 0.892. The Morgan fingerprint density at radius 3 is 0.808 bits per heavy atom. The summed E-state index contributed by atoms with van der Waals surface area (Å²) in [6.45, 7) is 0. The lowest BCUT2D eigenvalue weighted by Crippen LogP contribution is -1.94. The molecule has 0 saturated heterocycles. The maximum Gasteiger partial charge on any atom is 0.0978 e. The first-order valence-corrected chi connectivity index (χ1v) is 40.8. The van der Waals surface area contributed by atoms with Crippen LogP contribution in [-0.2, 0) is 0 Å². The number of pyridine rings is 6. The molecule has 6 heteroatoms. The number of hydrogen-bond acceptors (Lipinski definition) is 6. The van der Waals surface area contributed by atoms with Crippen LogP contribution in [0.4, 0.5) is 0 Å². The molecular weight excluding hydrogens is 1450 g/mol. The van der Waals surface area contributed by atoms with Crippen LogP contribution in [0.15, 0.2) is 425 Å². The first-order chi connectivity index (χ1) is 59.4. The molecule has 0 aliphatic heterocycles. The Labute approximate surface area is 692 Å². The maximum absolute atomic E-state index is 5.36. The lowest BCUT2D eigenvalue weighted by Gasteiger charge is -2.14. The average molecular weight is 1520 g/mol. The Morgan fingerprint density at radius 2 is 0.400 bits per heavy atom. The van der Waals surface area contributed by atoms with Gasteiger partial charge in [0.15, 0.2) is 0 Å². The summed E-state index contributed by atoms with van der Waals surface area (Å²) >= 11 is 0. The molecule has 24 aromatic rings. The fourth-order valence-corrected chi connectivity index (χ4v) is 17.8. The topological polar surface area (TPSA) is 77.3 Å². The number of benzene rings is 18. The fraction of sp³-hybridized carbons (Fsp3) is 0. The molecule has 0 N–H and O–H groups in total. The van der Waals surface area contributed by atoms with Crippen LogP contribution in [0.2, 0.25) is 0 Å². The third kappa shape index (κ3) is 12.7. The molecule has 0 fully saturated rings. The molecule has 0 radical (unpaired) electrons. The molecule has 0 saturated carbocycles. The smallest absolute Gasteiger partial charge is 0.0978 e. The van der Waals surface area contributed by atoms with Crippen molar-refractivity contribution in [3.63, 3.8) is 0 Å². The van der Waals surface area contributed by atoms with Gasteiger partial charge in [-0.15, -0.1) is 0 Å². The van der Waals surface area contributed by atoms with Crippen molar-refractivity contribution in [2.75, 3.05) is 0 Å². The van der Waals surface area contributed by atoms with Gasteiger partial charge in [-0.25, -0.2) is 29.9 Å². The number of fused-ring (bicyclic) bond motifs is 14. The lowest BCUT2D eigenvalue weighted by atomic mass is 9.95. The van der Waals surface area contributed by atoms with Gasteiger partial charge in [-0.05, 0) is 201 Å². The first kappa shape index (κ1) is 69.5. The standard InChI is InChI=1S/C61H37N3.C53H33N3/c1-2-12-40(13-3-1)59-53-16-8-9-17-56(53)64-61-54(59)28-26-41-27-29-55(63-60(41)61)47-24-21-45-33-51-35-49(25-22-46(51)32-50(45)34-47)58-37-52(44-20-18-38-10-4-6-14-42(38)30-44)36-57(62-58)48-23-19-39-11-5-7-15-43(39)31-48;1-2-13-36(14-3-1)51-45-19-8-9-20-48(45)56-53-46(51)27-25-37-26-28-47(55-52(37)53)41-17-10-18-42(31-41)49-32-44(40-23-21-34-11-4-6-15-38(34)29-40)33-50(54-49)43-24-22-35-12-5-7-16-39(35)30-43/h1-37H;1-33H. The highest BCUT2D eigenvalue weighted by Crippen LogP contribution is 2.43. The summed E-state index contributed by atoms with van der Waals surface area (Å²) < 4.78 is 0. The van der Waals surface area contributed by atoms with Crippen LogP contribution in [0.5, 0.6) is 0 Å². The molecule has 0 unspecified atom stereocenters. The molecule has 6 nitrogen and oxygen atoms in total. The van der Waals surface area contributed by atoms with E-state index in [0.29, 0.717) is 0 Å². The second-order valence-electron chi connectivity index (χ2n) is 31.3. The van der Waals surface area contributed by atoms with Crippen LogP contribution in [0.3, 0.4) is 0 Å². The molecule has 0 aliphatic rings. The van der Waals surface area contributed by atoms with Gasteiger partial charge in [0, 0.05) is 76.8 Å². The minimum Gasteiger partial charge on any atom is -0.248 e. The molecule has 0 aliphatic carbocycles. The van der Waals surface area contributed by atoms with Gasteiger partial charge >= 0.3 is 0 Å². The van der Waals surface area contributed by atoms with Gasteiger partial charge in [0.05, 0.1) is 67.3 Å². The van der Waals surface area contributed by atoms with E-state index in [0.717, 1.165) is 150 Å². The van der Waals surface area contributed by atoms with Crippen LogP contribution in [0.1, 0.15) is 0 Å². The van der Waals surface area contributed by atoms with Crippen molar-refractivity contribution in [3.8, 4) is 112 Å². The monoisotopic (exact) mass is 1520 g/mol. The predicted octanol–water partition coefficient (Wildman–Crippen LogP) is 30.3. The highest BCUT2D eigenvalue weighted by atomic mass is 14.8. The molecule has 556 valence electrons. The average Bonchev–Trinajstić information content (AvgIpc) is 0.744. The van der Waals surface area contributed by atoms with Crippen LogP contribution in [0, 0.1) is 0 Å². The van der Waals surface area contributed by atoms with Crippen molar-refractivity contribution in [3.05, 3.63) is 425 Å². The van der Waals surface area contributed by atoms with Gasteiger partial charge in [-0.1, -0.05) is 322 Å². The molecule has 0 bridgehead atoms. The van der Waals surface area contributed by atoms with Gasteiger partial charge in [0.25, 0.3) is 0 Å². The van der Waals surface area contributed by atoms with E-state index in [1.54, 1.807) is 0 Å². The minimum atomic E-state index is 0.892. The molecule has 0 amide bonds. The SMILES string of the molecule is c1ccc(-c2c3ccccc3nc3c2ccc2ccc(-c4ccc5cc6cc(-c7cc(-c8ccc9ccccc9c8)cc(-c8ccc9ccccc9c8)n7)ccc6cc5c4)nc23)cc1.c1ccc(-c2c3ccccc3nc3c2ccc2ccc(-c4cccc(-c5cc(-c6ccc7ccccc7c6)cc(-c6ccc7ccccc7c6)n5)c4)nc23)cc1. The predicted molar refractivity (Wildman–Crippen MR) is 504 cm³/mol. The molecule has 0 atom stereocenters. The zero-order valence-electron chi connectivity index (χ0n) is 65.1. The van der Waals surface area contributed by atoms with Crippen molar-refractivity contribution in [2.45, 2.75) is 0 Å². The highest BCUT2D eigenvalue weighted by Gasteiger charge is 2.21. The molecule has 6 heterocycles. The Morgan fingerprint density at radius 1 is 0.117 bits per heavy atom. The van der Waals surface area contributed by atoms with Gasteiger partial charge in [-0.2, -0.15) is 0 Å². The fourth-order valence-electron chi connectivity index (χ4n) is 17.8. The first-order valence-electron chi connectivity index (χ1n) is 40.8. The van der Waals surface area contributed by atoms with E-state index >= 15 is 0 Å². The molecule has 120 heavy (non-hydrogen) atoms. The second-order valence-corrected chi connectivity index (χ2v) is 31.3. The number of nitrogens with zero attached hydrogens (tertiary/aromatic N) is 6. The number of hydrogen-bond donors (Lipinski definition) is 0. The molecule has 0 spiro atoms. The van der Waals surface area contributed by atoms with E-state index in [2.05, 4.69) is 425 Å². The van der Waals surface area contributed by atoms with Crippen LogP contribution in [-0.4, -0.2) is 29.9 Å². The van der Waals surface area contributed by atoms with E-state index in [9.17, 15) is 0 Å². The van der Waals surface area contributed by atoms with Gasteiger partial charge in [0.1, 0.15) is 0 Å². The summed E-state index contributed by atoms with van der Waals surface area (Å²) in [5, 5.41) is 21.0. The van der Waals surface area contributed by atoms with E-state index in [1.165, 1.54) is 92.5 Å². The van der Waals surface area contributed by atoms with E-state index in [1.807, 2.05) is 0 Å².